The summed E-state index contributed by atoms with van der Waals surface area (Å²) in [6.45, 7) is 0. The first-order chi connectivity index (χ1) is 11.0. The van der Waals surface area contributed by atoms with Crippen molar-refractivity contribution in [3.8, 4) is 0 Å². The molecular formula is C17H16ClNO2S2. The van der Waals surface area contributed by atoms with Gasteiger partial charge in [-0.3, -0.25) is 9.00 Å². The molecule has 0 saturated heterocycles. The zero-order chi connectivity index (χ0) is 16.4. The smallest absolute Gasteiger partial charge is 0.251 e. The highest BCUT2D eigenvalue weighted by Crippen LogP contribution is 2.37. The maximum atomic E-state index is 12.5. The van der Waals surface area contributed by atoms with Crippen molar-refractivity contribution in [1.29, 1.82) is 0 Å². The Kier molecular flexibility index (Phi) is 5.09. The second kappa shape index (κ2) is 7.07. The fraction of sp³-hybridized carbons (Fsp3) is 0.235. The van der Waals surface area contributed by atoms with Gasteiger partial charge in [0.1, 0.15) is 0 Å². The van der Waals surface area contributed by atoms with Crippen LogP contribution in [0, 0.1) is 0 Å². The fourth-order valence-corrected chi connectivity index (χ4v) is 4.36. The summed E-state index contributed by atoms with van der Waals surface area (Å²) in [5, 5.41) is 3.76. The number of carbonyl (C=O) groups is 1. The van der Waals surface area contributed by atoms with Crippen LogP contribution in [0.1, 0.15) is 28.4 Å². The summed E-state index contributed by atoms with van der Waals surface area (Å²) in [6.07, 6.45) is 2.50. The van der Waals surface area contributed by atoms with E-state index in [0.29, 0.717) is 15.5 Å². The highest BCUT2D eigenvalue weighted by atomic mass is 35.5. The van der Waals surface area contributed by atoms with Gasteiger partial charge in [-0.25, -0.2) is 0 Å². The molecule has 1 N–H and O–H groups in total. The standard InChI is InChI=1S/C17H16ClNO2S2/c1-23(21)13-5-2-11(3-6-13)17(20)19-15-8-9-22-16-7-4-12(18)10-14(15)16/h2-7,10,15H,8-9H2,1H3,(H,19,20)/t15-,23+/m0/s1. The van der Waals surface area contributed by atoms with Crippen molar-refractivity contribution < 1.29 is 9.00 Å². The number of carbonyl (C=O) groups excluding carboxylic acids is 1. The topological polar surface area (TPSA) is 46.2 Å². The van der Waals surface area contributed by atoms with Gasteiger partial charge in [0.05, 0.1) is 6.04 Å². The summed E-state index contributed by atoms with van der Waals surface area (Å²) < 4.78 is 11.4. The quantitative estimate of drug-likeness (QED) is 0.892. The first-order valence-corrected chi connectivity index (χ1v) is 10.1. The summed E-state index contributed by atoms with van der Waals surface area (Å²) in [5.41, 5.74) is 1.65. The number of nitrogens with one attached hydrogen (secondary N) is 1. The van der Waals surface area contributed by atoms with Gasteiger partial charge in [-0.2, -0.15) is 0 Å². The Labute approximate surface area is 147 Å². The molecule has 0 bridgehead atoms. The molecule has 6 heteroatoms. The van der Waals surface area contributed by atoms with Gasteiger partial charge in [-0.15, -0.1) is 11.8 Å². The molecule has 2 aromatic rings. The van der Waals surface area contributed by atoms with Crippen LogP contribution in [-0.4, -0.2) is 22.1 Å². The summed E-state index contributed by atoms with van der Waals surface area (Å²) in [6, 6.07) is 12.7. The van der Waals surface area contributed by atoms with E-state index in [4.69, 9.17) is 11.6 Å². The molecule has 0 aromatic heterocycles. The molecule has 3 rings (SSSR count). The van der Waals surface area contributed by atoms with E-state index >= 15 is 0 Å². The van der Waals surface area contributed by atoms with Gasteiger partial charge in [0.2, 0.25) is 0 Å². The number of hydrogen-bond donors (Lipinski definition) is 1. The predicted octanol–water partition coefficient (Wildman–Crippen LogP) is 4.04. The molecule has 1 aliphatic heterocycles. The minimum Gasteiger partial charge on any atom is -0.345 e. The molecule has 0 fully saturated rings. The zero-order valence-electron chi connectivity index (χ0n) is 12.5. The molecule has 2 atom stereocenters. The Morgan fingerprint density at radius 1 is 1.26 bits per heavy atom. The van der Waals surface area contributed by atoms with Crippen LogP contribution < -0.4 is 5.32 Å². The first-order valence-electron chi connectivity index (χ1n) is 7.21. The molecule has 0 spiro atoms. The van der Waals surface area contributed by atoms with Gasteiger partial charge in [0.25, 0.3) is 5.91 Å². The zero-order valence-corrected chi connectivity index (χ0v) is 14.9. The molecule has 1 aliphatic rings. The number of hydrogen-bond acceptors (Lipinski definition) is 3. The van der Waals surface area contributed by atoms with Crippen molar-refractivity contribution in [2.24, 2.45) is 0 Å². The molecule has 0 unspecified atom stereocenters. The Morgan fingerprint density at radius 2 is 2.00 bits per heavy atom. The van der Waals surface area contributed by atoms with Gasteiger partial charge < -0.3 is 5.32 Å². The molecule has 1 heterocycles. The van der Waals surface area contributed by atoms with E-state index in [1.807, 2.05) is 18.2 Å². The minimum atomic E-state index is -1.04. The van der Waals surface area contributed by atoms with Crippen LogP contribution in [-0.2, 0) is 10.8 Å². The van der Waals surface area contributed by atoms with E-state index in [1.165, 1.54) is 4.90 Å². The summed E-state index contributed by atoms with van der Waals surface area (Å²) >= 11 is 7.88. The minimum absolute atomic E-state index is 0.0302. The second-order valence-electron chi connectivity index (χ2n) is 5.32. The second-order valence-corrected chi connectivity index (χ2v) is 8.28. The van der Waals surface area contributed by atoms with E-state index in [9.17, 15) is 9.00 Å². The number of rotatable bonds is 3. The monoisotopic (exact) mass is 365 g/mol. The summed E-state index contributed by atoms with van der Waals surface area (Å²) in [7, 11) is -1.04. The molecule has 0 aliphatic carbocycles. The van der Waals surface area contributed by atoms with E-state index < -0.39 is 10.8 Å². The molecular weight excluding hydrogens is 350 g/mol. The Morgan fingerprint density at radius 3 is 2.70 bits per heavy atom. The van der Waals surface area contributed by atoms with Crippen LogP contribution in [0.15, 0.2) is 52.3 Å². The highest BCUT2D eigenvalue weighted by Gasteiger charge is 2.23. The average Bonchev–Trinajstić information content (AvgIpc) is 2.55. The summed E-state index contributed by atoms with van der Waals surface area (Å²) in [5.74, 6) is 0.842. The van der Waals surface area contributed by atoms with Crippen molar-refractivity contribution in [1.82, 2.24) is 5.32 Å². The number of benzene rings is 2. The van der Waals surface area contributed by atoms with Gasteiger partial charge in [0, 0.05) is 43.2 Å². The predicted molar refractivity (Wildman–Crippen MR) is 95.8 cm³/mol. The van der Waals surface area contributed by atoms with Crippen LogP contribution in [0.5, 0.6) is 0 Å². The van der Waals surface area contributed by atoms with Crippen molar-refractivity contribution >= 4 is 40.1 Å². The SMILES string of the molecule is C[S@@](=O)c1ccc(C(=O)N[C@H]2CCSc3ccc(Cl)cc32)cc1. The number of halogens is 1. The molecule has 2 aromatic carbocycles. The number of amides is 1. The molecule has 1 amide bonds. The molecule has 120 valence electrons. The third-order valence-corrected chi connectivity index (χ3v) is 6.06. The highest BCUT2D eigenvalue weighted by molar-refractivity contribution is 7.99. The van der Waals surface area contributed by atoms with Crippen molar-refractivity contribution in [2.75, 3.05) is 12.0 Å². The lowest BCUT2D eigenvalue weighted by Crippen LogP contribution is -2.30. The maximum absolute atomic E-state index is 12.5. The Balaban J connectivity index is 1.79. The third-order valence-electron chi connectivity index (χ3n) is 3.77. The van der Waals surface area contributed by atoms with Gasteiger partial charge in [-0.05, 0) is 54.4 Å². The third kappa shape index (κ3) is 3.79. The number of fused-ring (bicyclic) bond motifs is 1. The Bertz CT molecular complexity index is 762. The van der Waals surface area contributed by atoms with Crippen LogP contribution in [0.2, 0.25) is 5.02 Å². The lowest BCUT2D eigenvalue weighted by Gasteiger charge is -2.26. The van der Waals surface area contributed by atoms with E-state index in [2.05, 4.69) is 5.32 Å². The first kappa shape index (κ1) is 16.6. The summed E-state index contributed by atoms with van der Waals surface area (Å²) in [4.78, 5) is 14.3. The molecule has 3 nitrogen and oxygen atoms in total. The van der Waals surface area contributed by atoms with Crippen molar-refractivity contribution in [2.45, 2.75) is 22.3 Å². The molecule has 0 radical (unpaired) electrons. The van der Waals surface area contributed by atoms with Gasteiger partial charge >= 0.3 is 0 Å². The van der Waals surface area contributed by atoms with Crippen LogP contribution in [0.3, 0.4) is 0 Å². The average molecular weight is 366 g/mol. The molecule has 23 heavy (non-hydrogen) atoms. The van der Waals surface area contributed by atoms with Gasteiger partial charge in [-0.1, -0.05) is 11.6 Å². The van der Waals surface area contributed by atoms with Crippen molar-refractivity contribution in [3.63, 3.8) is 0 Å². The lowest BCUT2D eigenvalue weighted by molar-refractivity contribution is 0.0935. The maximum Gasteiger partial charge on any atom is 0.251 e. The normalized spacial score (nSPS) is 18.1. The van der Waals surface area contributed by atoms with Crippen LogP contribution in [0.4, 0.5) is 0 Å². The van der Waals surface area contributed by atoms with E-state index in [1.54, 1.807) is 42.3 Å². The van der Waals surface area contributed by atoms with E-state index in [0.717, 1.165) is 17.7 Å². The van der Waals surface area contributed by atoms with Crippen molar-refractivity contribution in [3.05, 3.63) is 58.6 Å². The fourth-order valence-electron chi connectivity index (χ4n) is 2.55. The van der Waals surface area contributed by atoms with Crippen LogP contribution >= 0.6 is 23.4 Å². The van der Waals surface area contributed by atoms with Crippen LogP contribution in [0.25, 0.3) is 0 Å². The largest absolute Gasteiger partial charge is 0.345 e. The van der Waals surface area contributed by atoms with Gasteiger partial charge in [0.15, 0.2) is 0 Å². The molecule has 0 saturated carbocycles. The Hall–Kier alpha value is -1.30. The van der Waals surface area contributed by atoms with E-state index in [-0.39, 0.29) is 11.9 Å². The number of thioether (sulfide) groups is 1. The lowest BCUT2D eigenvalue weighted by atomic mass is 10.0.